The van der Waals surface area contributed by atoms with Crippen LogP contribution >= 0.6 is 0 Å². The maximum Gasteiger partial charge on any atom is 0.247 e. The number of rotatable bonds is 4. The second-order valence-electron chi connectivity index (χ2n) is 3.70. The lowest BCUT2D eigenvalue weighted by Crippen LogP contribution is -2.09. The SMILES string of the molecule is C=CC(=O)Nc1cc(/C(C)=N/N=NC)ccc1C. The molecule has 5 heteroatoms. The van der Waals surface area contributed by atoms with E-state index in [1.54, 1.807) is 7.05 Å². The van der Waals surface area contributed by atoms with Crippen molar-refractivity contribution in [3.63, 3.8) is 0 Å². The second-order valence-corrected chi connectivity index (χ2v) is 3.70. The van der Waals surface area contributed by atoms with E-state index in [9.17, 15) is 4.79 Å². The fourth-order valence-corrected chi connectivity index (χ4v) is 1.34. The van der Waals surface area contributed by atoms with Crippen LogP contribution in [0.5, 0.6) is 0 Å². The molecular formula is C13H16N4O. The van der Waals surface area contributed by atoms with Crippen molar-refractivity contribution in [1.82, 2.24) is 0 Å². The summed E-state index contributed by atoms with van der Waals surface area (Å²) in [6.45, 7) is 7.17. The van der Waals surface area contributed by atoms with E-state index in [4.69, 9.17) is 0 Å². The highest BCUT2D eigenvalue weighted by atomic mass is 16.1. The zero-order valence-corrected chi connectivity index (χ0v) is 10.8. The number of aryl methyl sites for hydroxylation is 1. The van der Waals surface area contributed by atoms with Crippen molar-refractivity contribution in [2.75, 3.05) is 12.4 Å². The van der Waals surface area contributed by atoms with Crippen LogP contribution in [0.3, 0.4) is 0 Å². The molecule has 94 valence electrons. The number of benzene rings is 1. The zero-order valence-electron chi connectivity index (χ0n) is 10.8. The number of carbonyl (C=O) groups is 1. The molecule has 0 unspecified atom stereocenters. The van der Waals surface area contributed by atoms with E-state index in [2.05, 4.69) is 27.3 Å². The molecule has 0 aromatic heterocycles. The highest BCUT2D eigenvalue weighted by Crippen LogP contribution is 2.17. The van der Waals surface area contributed by atoms with Crippen molar-refractivity contribution in [3.05, 3.63) is 42.0 Å². The molecule has 0 bridgehead atoms. The molecule has 0 saturated heterocycles. The van der Waals surface area contributed by atoms with Gasteiger partial charge in [-0.05, 0) is 42.3 Å². The fourth-order valence-electron chi connectivity index (χ4n) is 1.34. The lowest BCUT2D eigenvalue weighted by molar-refractivity contribution is -0.111. The Labute approximate surface area is 106 Å². The Morgan fingerprint density at radius 1 is 1.44 bits per heavy atom. The third-order valence-corrected chi connectivity index (χ3v) is 2.38. The van der Waals surface area contributed by atoms with Gasteiger partial charge in [-0.15, -0.1) is 5.10 Å². The molecule has 1 aromatic rings. The van der Waals surface area contributed by atoms with Crippen LogP contribution in [0.2, 0.25) is 0 Å². The van der Waals surface area contributed by atoms with Crippen LogP contribution in [0.4, 0.5) is 5.69 Å². The number of amides is 1. The first-order valence-corrected chi connectivity index (χ1v) is 5.46. The molecule has 0 atom stereocenters. The normalized spacial score (nSPS) is 11.6. The van der Waals surface area contributed by atoms with E-state index in [1.807, 2.05) is 32.0 Å². The van der Waals surface area contributed by atoms with Crippen molar-refractivity contribution >= 4 is 17.3 Å². The van der Waals surface area contributed by atoms with Gasteiger partial charge in [0.05, 0.1) is 12.8 Å². The third kappa shape index (κ3) is 3.62. The number of carbonyl (C=O) groups excluding carboxylic acids is 1. The lowest BCUT2D eigenvalue weighted by Gasteiger charge is -2.08. The average Bonchev–Trinajstić information content (AvgIpc) is 2.38. The summed E-state index contributed by atoms with van der Waals surface area (Å²) in [5.41, 5.74) is 3.32. The molecule has 0 aliphatic heterocycles. The fraction of sp³-hybridized carbons (Fsp3) is 0.231. The molecule has 1 rings (SSSR count). The summed E-state index contributed by atoms with van der Waals surface area (Å²) in [4.78, 5) is 11.3. The van der Waals surface area contributed by atoms with Gasteiger partial charge in [0.2, 0.25) is 5.91 Å². The summed E-state index contributed by atoms with van der Waals surface area (Å²) in [6, 6.07) is 5.68. The molecule has 1 N–H and O–H groups in total. The molecule has 0 saturated carbocycles. The van der Waals surface area contributed by atoms with Gasteiger partial charge in [0.15, 0.2) is 0 Å². The van der Waals surface area contributed by atoms with Crippen LogP contribution in [0.25, 0.3) is 0 Å². The minimum Gasteiger partial charge on any atom is -0.322 e. The molecule has 0 radical (unpaired) electrons. The molecule has 0 fully saturated rings. The van der Waals surface area contributed by atoms with Gasteiger partial charge >= 0.3 is 0 Å². The molecule has 18 heavy (non-hydrogen) atoms. The van der Waals surface area contributed by atoms with Gasteiger partial charge in [0, 0.05) is 5.69 Å². The van der Waals surface area contributed by atoms with Crippen molar-refractivity contribution < 1.29 is 4.79 Å². The summed E-state index contributed by atoms with van der Waals surface area (Å²) >= 11 is 0. The highest BCUT2D eigenvalue weighted by Gasteiger charge is 2.05. The minimum absolute atomic E-state index is 0.238. The van der Waals surface area contributed by atoms with E-state index in [0.717, 1.165) is 22.5 Å². The van der Waals surface area contributed by atoms with Gasteiger partial charge in [0.25, 0.3) is 0 Å². The van der Waals surface area contributed by atoms with Crippen LogP contribution in [0.15, 0.2) is 46.3 Å². The lowest BCUT2D eigenvalue weighted by atomic mass is 10.1. The molecule has 5 nitrogen and oxygen atoms in total. The van der Waals surface area contributed by atoms with Gasteiger partial charge in [0.1, 0.15) is 0 Å². The van der Waals surface area contributed by atoms with Crippen molar-refractivity contribution in [1.29, 1.82) is 0 Å². The Morgan fingerprint density at radius 2 is 2.17 bits per heavy atom. The van der Waals surface area contributed by atoms with Crippen molar-refractivity contribution in [2.45, 2.75) is 13.8 Å². The summed E-state index contributed by atoms with van der Waals surface area (Å²) in [7, 11) is 1.56. The molecule has 0 aliphatic carbocycles. The van der Waals surface area contributed by atoms with E-state index in [0.29, 0.717) is 0 Å². The number of hydrogen-bond donors (Lipinski definition) is 1. The first-order valence-electron chi connectivity index (χ1n) is 5.46. The van der Waals surface area contributed by atoms with Gasteiger partial charge in [-0.3, -0.25) is 4.79 Å². The van der Waals surface area contributed by atoms with Gasteiger partial charge in [-0.25, -0.2) is 0 Å². The Morgan fingerprint density at radius 3 is 2.78 bits per heavy atom. The largest absolute Gasteiger partial charge is 0.322 e. The summed E-state index contributed by atoms with van der Waals surface area (Å²) in [5.74, 6) is -0.238. The monoisotopic (exact) mass is 244 g/mol. The number of nitrogens with one attached hydrogen (secondary N) is 1. The predicted molar refractivity (Wildman–Crippen MR) is 73.0 cm³/mol. The minimum atomic E-state index is -0.238. The first-order chi connectivity index (χ1) is 8.58. The van der Waals surface area contributed by atoms with Crippen molar-refractivity contribution in [3.8, 4) is 0 Å². The standard InChI is InChI=1S/C13H16N4O/c1-5-13(18)15-12-8-11(7-6-9(12)2)10(3)16-17-14-4/h5-8H,1H2,2-4H3,(H,15,18)/b16-10+,17-14?. The number of anilines is 1. The number of nitrogens with zero attached hydrogens (tertiary/aromatic N) is 3. The van der Waals surface area contributed by atoms with Gasteiger partial charge in [-0.1, -0.05) is 18.7 Å². The van der Waals surface area contributed by atoms with Crippen LogP contribution in [0.1, 0.15) is 18.1 Å². The third-order valence-electron chi connectivity index (χ3n) is 2.38. The second kappa shape index (κ2) is 6.44. The summed E-state index contributed by atoms with van der Waals surface area (Å²) in [5, 5.41) is 13.8. The van der Waals surface area contributed by atoms with Crippen molar-refractivity contribution in [2.24, 2.45) is 15.4 Å². The topological polar surface area (TPSA) is 66.2 Å². The number of hydrogen-bond acceptors (Lipinski definition) is 3. The highest BCUT2D eigenvalue weighted by molar-refractivity contribution is 6.02. The Hall–Kier alpha value is -2.30. The van der Waals surface area contributed by atoms with E-state index < -0.39 is 0 Å². The maximum absolute atomic E-state index is 11.3. The van der Waals surface area contributed by atoms with Gasteiger partial charge in [-0.2, -0.15) is 5.11 Å². The Bertz CT molecular complexity index is 518. The summed E-state index contributed by atoms with van der Waals surface area (Å²) in [6.07, 6.45) is 1.23. The van der Waals surface area contributed by atoms with Gasteiger partial charge < -0.3 is 5.32 Å². The molecule has 0 spiro atoms. The summed E-state index contributed by atoms with van der Waals surface area (Å²) < 4.78 is 0. The van der Waals surface area contributed by atoms with E-state index in [1.165, 1.54) is 6.08 Å². The zero-order chi connectivity index (χ0) is 13.5. The molecule has 1 aromatic carbocycles. The van der Waals surface area contributed by atoms with Crippen LogP contribution < -0.4 is 5.32 Å². The Kier molecular flexibility index (Phi) is 4.92. The predicted octanol–water partition coefficient (Wildman–Crippen LogP) is 2.93. The van der Waals surface area contributed by atoms with E-state index in [-0.39, 0.29) is 5.91 Å². The molecule has 1 amide bonds. The van der Waals surface area contributed by atoms with Crippen LogP contribution in [-0.2, 0) is 4.79 Å². The maximum atomic E-state index is 11.3. The molecular weight excluding hydrogens is 228 g/mol. The molecule has 0 heterocycles. The Balaban J connectivity index is 3.07. The first kappa shape index (κ1) is 13.8. The quantitative estimate of drug-likeness (QED) is 0.376. The van der Waals surface area contributed by atoms with Crippen LogP contribution in [0, 0.1) is 6.92 Å². The molecule has 0 aliphatic rings. The average molecular weight is 244 g/mol. The smallest absolute Gasteiger partial charge is 0.247 e. The van der Waals surface area contributed by atoms with Crippen LogP contribution in [-0.4, -0.2) is 18.7 Å². The van der Waals surface area contributed by atoms with E-state index >= 15 is 0 Å².